The van der Waals surface area contributed by atoms with Gasteiger partial charge in [-0.25, -0.2) is 22.6 Å². The number of nitrogens with zero attached hydrogens (tertiary/aromatic N) is 3. The molecule has 0 bridgehead atoms. The van der Waals surface area contributed by atoms with Crippen LogP contribution in [0.1, 0.15) is 61.5 Å². The van der Waals surface area contributed by atoms with Crippen LogP contribution in [0.2, 0.25) is 0 Å². The monoisotopic (exact) mass is 728 g/mol. The van der Waals surface area contributed by atoms with Crippen molar-refractivity contribution in [1.82, 2.24) is 4.90 Å². The molecule has 4 aromatic rings. The fourth-order valence-corrected chi connectivity index (χ4v) is 5.18. The second kappa shape index (κ2) is 17.9. The molecule has 1 aliphatic rings. The Bertz CT molecular complexity index is 1800. The van der Waals surface area contributed by atoms with E-state index in [0.717, 1.165) is 52.6 Å². The Hall–Kier alpha value is -5.56. The molecule has 272 valence electrons. The van der Waals surface area contributed by atoms with Gasteiger partial charge in [0.2, 0.25) is 11.6 Å². The quantitative estimate of drug-likeness (QED) is 0.0730. The van der Waals surface area contributed by atoms with Crippen molar-refractivity contribution in [1.29, 1.82) is 0 Å². The van der Waals surface area contributed by atoms with Gasteiger partial charge in [0.1, 0.15) is 23.3 Å². The zero-order chi connectivity index (χ0) is 36.8. The van der Waals surface area contributed by atoms with E-state index in [-0.39, 0.29) is 48.4 Å². The number of benzene rings is 4. The summed E-state index contributed by atoms with van der Waals surface area (Å²) in [5, 5.41) is 0. The van der Waals surface area contributed by atoms with Gasteiger partial charge in [0.05, 0.1) is 0 Å². The smallest absolute Gasteiger partial charge is 0.266 e. The van der Waals surface area contributed by atoms with Gasteiger partial charge in [0.25, 0.3) is 5.91 Å². The number of halogens is 5. The van der Waals surface area contributed by atoms with E-state index in [2.05, 4.69) is 9.98 Å². The van der Waals surface area contributed by atoms with E-state index in [4.69, 9.17) is 17.2 Å². The van der Waals surface area contributed by atoms with Crippen molar-refractivity contribution < 1.29 is 31.9 Å². The first-order valence-electron chi connectivity index (χ1n) is 14.7. The SMILES string of the molecule is C.CN=C(N)N.Cc1cc(C)cc(C(=O)C(=O)c2cc(F)cc(F)c2)c1.Cc1cc(C)cc(C2(c3cc(F)cc(F)c3)N=C(N)N(C)C2=O)c1.Cl. The molecule has 14 heteroatoms. The number of carbonyl (C=O) groups is 3. The molecular weight excluding hydrogens is 688 g/mol. The summed E-state index contributed by atoms with van der Waals surface area (Å²) < 4.78 is 53.8. The fourth-order valence-electron chi connectivity index (χ4n) is 5.18. The van der Waals surface area contributed by atoms with Crippen LogP contribution in [-0.2, 0) is 10.3 Å². The number of hydrogen-bond donors (Lipinski definition) is 3. The summed E-state index contributed by atoms with van der Waals surface area (Å²) in [6.45, 7) is 7.37. The Kier molecular flexibility index (Phi) is 15.3. The van der Waals surface area contributed by atoms with E-state index in [1.165, 1.54) is 19.0 Å². The number of amides is 1. The van der Waals surface area contributed by atoms with Crippen molar-refractivity contribution in [2.24, 2.45) is 27.2 Å². The molecule has 0 aromatic heterocycles. The normalized spacial score (nSPS) is 14.4. The highest BCUT2D eigenvalue weighted by Crippen LogP contribution is 2.40. The number of rotatable bonds is 5. The zero-order valence-electron chi connectivity index (χ0n) is 28.1. The molecule has 9 nitrogen and oxygen atoms in total. The van der Waals surface area contributed by atoms with Crippen molar-refractivity contribution in [2.45, 2.75) is 40.7 Å². The highest BCUT2D eigenvalue weighted by molar-refractivity contribution is 6.49. The third kappa shape index (κ3) is 10.5. The van der Waals surface area contributed by atoms with Crippen LogP contribution in [0, 0.1) is 51.0 Å². The zero-order valence-corrected chi connectivity index (χ0v) is 29.0. The predicted octanol–water partition coefficient (Wildman–Crippen LogP) is 6.21. The summed E-state index contributed by atoms with van der Waals surface area (Å²) >= 11 is 0. The average molecular weight is 729 g/mol. The fraction of sp³-hybridized carbons (Fsp3) is 0.216. The lowest BCUT2D eigenvalue weighted by molar-refractivity contribution is -0.129. The van der Waals surface area contributed by atoms with Crippen molar-refractivity contribution in [3.8, 4) is 0 Å². The van der Waals surface area contributed by atoms with Crippen molar-refractivity contribution in [2.75, 3.05) is 14.1 Å². The third-order valence-corrected chi connectivity index (χ3v) is 7.23. The lowest BCUT2D eigenvalue weighted by atomic mass is 9.81. The number of carbonyl (C=O) groups excluding carboxylic acids is 3. The molecular formula is C37H41ClF4N6O3. The number of hydrogen-bond acceptors (Lipinski definition) is 6. The maximum atomic E-state index is 13.8. The van der Waals surface area contributed by atoms with Crippen LogP contribution in [0.25, 0.3) is 0 Å². The molecule has 1 aliphatic heterocycles. The minimum absolute atomic E-state index is 0. The highest BCUT2D eigenvalue weighted by atomic mass is 35.5. The maximum Gasteiger partial charge on any atom is 0.266 e. The number of likely N-dealkylation sites (N-methyl/N-ethyl adjacent to an activating group) is 1. The van der Waals surface area contributed by atoms with Gasteiger partial charge in [-0.1, -0.05) is 53.9 Å². The third-order valence-electron chi connectivity index (χ3n) is 7.23. The molecule has 1 atom stereocenters. The van der Waals surface area contributed by atoms with Gasteiger partial charge in [-0.2, -0.15) is 0 Å². The van der Waals surface area contributed by atoms with Crippen molar-refractivity contribution in [3.63, 3.8) is 0 Å². The van der Waals surface area contributed by atoms with E-state index < -0.39 is 46.3 Å². The summed E-state index contributed by atoms with van der Waals surface area (Å²) in [6, 6.07) is 15.9. The topological polar surface area (TPSA) is 157 Å². The Morgan fingerprint density at radius 1 is 0.667 bits per heavy atom. The van der Waals surface area contributed by atoms with E-state index in [9.17, 15) is 31.9 Å². The molecule has 51 heavy (non-hydrogen) atoms. The Morgan fingerprint density at radius 3 is 1.35 bits per heavy atom. The van der Waals surface area contributed by atoms with Gasteiger partial charge >= 0.3 is 0 Å². The van der Waals surface area contributed by atoms with Gasteiger partial charge in [0, 0.05) is 37.4 Å². The van der Waals surface area contributed by atoms with Crippen LogP contribution >= 0.6 is 12.4 Å². The number of ketones is 2. The largest absolute Gasteiger partial charge is 0.370 e. The predicted molar refractivity (Wildman–Crippen MR) is 194 cm³/mol. The summed E-state index contributed by atoms with van der Waals surface area (Å²) in [5.41, 5.74) is 18.0. The van der Waals surface area contributed by atoms with Gasteiger partial charge in [-0.3, -0.25) is 24.3 Å². The van der Waals surface area contributed by atoms with E-state index in [1.54, 1.807) is 38.1 Å². The minimum atomic E-state index is -1.58. The first kappa shape index (κ1) is 43.5. The number of aliphatic imine (C=N–C) groups is 2. The molecule has 5 rings (SSSR count). The molecule has 0 fully saturated rings. The molecule has 4 aromatic carbocycles. The molecule has 0 saturated heterocycles. The second-order valence-electron chi connectivity index (χ2n) is 11.4. The summed E-state index contributed by atoms with van der Waals surface area (Å²) in [4.78, 5) is 45.9. The number of guanidine groups is 2. The highest BCUT2D eigenvalue weighted by Gasteiger charge is 2.50. The summed E-state index contributed by atoms with van der Waals surface area (Å²) in [5.74, 6) is -5.34. The Labute approximate surface area is 300 Å². The first-order valence-corrected chi connectivity index (χ1v) is 14.7. The van der Waals surface area contributed by atoms with Crippen molar-refractivity contribution in [3.05, 3.63) is 141 Å². The lowest BCUT2D eigenvalue weighted by Gasteiger charge is -2.27. The maximum absolute atomic E-state index is 13.8. The molecule has 0 saturated carbocycles. The molecule has 6 N–H and O–H groups in total. The van der Waals surface area contributed by atoms with Crippen molar-refractivity contribution >= 4 is 41.8 Å². The molecule has 0 aliphatic carbocycles. The summed E-state index contributed by atoms with van der Waals surface area (Å²) in [6.07, 6.45) is 0. The van der Waals surface area contributed by atoms with Crippen LogP contribution in [0.5, 0.6) is 0 Å². The summed E-state index contributed by atoms with van der Waals surface area (Å²) in [7, 11) is 3.02. The van der Waals surface area contributed by atoms with E-state index >= 15 is 0 Å². The van der Waals surface area contributed by atoms with Gasteiger partial charge in [-0.15, -0.1) is 12.4 Å². The molecule has 1 amide bonds. The standard InChI is InChI=1S/C18H17F2N3O.C16H12F2O2.C2H7N3.CH4.ClH/c1-10-4-11(2)6-12(5-10)18(16(24)23(3)17(21)22-18)13-7-14(19)9-15(20)8-13;1-9-3-10(2)5-11(4-9)15(19)16(20)12-6-13(17)8-14(18)7-12;1-5-2(3)4;;/h4-9H,1-3H3,(H2,21,22);3-8H,1-2H3;1H3,(H4,3,4,5);1H4;1H. The number of nitrogens with two attached hydrogens (primary N) is 3. The molecule has 1 heterocycles. The Morgan fingerprint density at radius 2 is 1.00 bits per heavy atom. The second-order valence-corrected chi connectivity index (χ2v) is 11.4. The first-order chi connectivity index (χ1) is 22.9. The molecule has 0 spiro atoms. The van der Waals surface area contributed by atoms with Gasteiger partial charge in [0.15, 0.2) is 17.5 Å². The van der Waals surface area contributed by atoms with Crippen LogP contribution < -0.4 is 17.2 Å². The van der Waals surface area contributed by atoms with E-state index in [0.29, 0.717) is 11.6 Å². The minimum Gasteiger partial charge on any atom is -0.370 e. The van der Waals surface area contributed by atoms with Crippen LogP contribution in [0.3, 0.4) is 0 Å². The van der Waals surface area contributed by atoms with Crippen LogP contribution in [0.15, 0.2) is 82.8 Å². The number of aryl methyl sites for hydroxylation is 4. The van der Waals surface area contributed by atoms with Crippen LogP contribution in [0.4, 0.5) is 17.6 Å². The lowest BCUT2D eigenvalue weighted by Crippen LogP contribution is -2.41. The Balaban J connectivity index is 0.000000440. The van der Waals surface area contributed by atoms with Crippen LogP contribution in [-0.4, -0.2) is 48.4 Å². The number of Topliss-reactive ketones (excluding diaryl/α,β-unsaturated/α-hetero) is 2. The molecule has 1 unspecified atom stereocenters. The van der Waals surface area contributed by atoms with E-state index in [1.807, 2.05) is 26.0 Å². The van der Waals surface area contributed by atoms with Gasteiger partial charge < -0.3 is 17.2 Å². The molecule has 0 radical (unpaired) electrons. The average Bonchev–Trinajstić information content (AvgIpc) is 3.23. The van der Waals surface area contributed by atoms with Gasteiger partial charge in [-0.05, 0) is 75.2 Å².